The third-order valence-electron chi connectivity index (χ3n) is 3.70. The quantitative estimate of drug-likeness (QED) is 0.609. The molecule has 1 unspecified atom stereocenters. The summed E-state index contributed by atoms with van der Waals surface area (Å²) in [5.74, 6) is 1.28. The maximum absolute atomic E-state index is 4.70. The number of benzene rings is 1. The van der Waals surface area contributed by atoms with Crippen molar-refractivity contribution >= 4 is 5.96 Å². The number of rotatable bonds is 7. The van der Waals surface area contributed by atoms with Gasteiger partial charge in [-0.25, -0.2) is 0 Å². The highest BCUT2D eigenvalue weighted by atomic mass is 15.2. The fourth-order valence-electron chi connectivity index (χ4n) is 2.38. The Morgan fingerprint density at radius 2 is 2.04 bits per heavy atom. The molecule has 1 aromatic carbocycles. The minimum Gasteiger partial charge on any atom is -0.357 e. The summed E-state index contributed by atoms with van der Waals surface area (Å²) in [6.07, 6.45) is 4.89. The van der Waals surface area contributed by atoms with Crippen LogP contribution in [0.2, 0.25) is 0 Å². The molecular formula is C18H27N5. The molecule has 1 heterocycles. The second kappa shape index (κ2) is 8.98. The number of nitrogens with one attached hydrogen (secondary N) is 2. The van der Waals surface area contributed by atoms with Crippen molar-refractivity contribution in [1.29, 1.82) is 0 Å². The van der Waals surface area contributed by atoms with Gasteiger partial charge in [-0.05, 0) is 24.5 Å². The number of aliphatic imine (C=N–C) groups is 1. The van der Waals surface area contributed by atoms with Crippen LogP contribution in [0.25, 0.3) is 0 Å². The van der Waals surface area contributed by atoms with Crippen molar-refractivity contribution in [1.82, 2.24) is 20.4 Å². The molecule has 0 amide bonds. The van der Waals surface area contributed by atoms with Crippen molar-refractivity contribution in [2.24, 2.45) is 12.0 Å². The Morgan fingerprint density at radius 1 is 1.26 bits per heavy atom. The Bertz CT molecular complexity index is 603. The van der Waals surface area contributed by atoms with Gasteiger partial charge in [-0.1, -0.05) is 37.3 Å². The van der Waals surface area contributed by atoms with Crippen LogP contribution in [-0.2, 0) is 13.5 Å². The molecule has 2 rings (SSSR count). The molecule has 0 aliphatic rings. The maximum Gasteiger partial charge on any atom is 0.191 e. The molecule has 1 atom stereocenters. The Balaban J connectivity index is 1.84. The lowest BCUT2D eigenvalue weighted by Crippen LogP contribution is -2.38. The summed E-state index contributed by atoms with van der Waals surface area (Å²) in [5, 5.41) is 10.9. The second-order valence-electron chi connectivity index (χ2n) is 5.73. The van der Waals surface area contributed by atoms with Crippen LogP contribution in [0.4, 0.5) is 0 Å². The van der Waals surface area contributed by atoms with Crippen LogP contribution in [0, 0.1) is 0 Å². The van der Waals surface area contributed by atoms with Gasteiger partial charge in [0.25, 0.3) is 0 Å². The lowest BCUT2D eigenvalue weighted by molar-refractivity contribution is 0.745. The fraction of sp³-hybridized carbons (Fsp3) is 0.444. The van der Waals surface area contributed by atoms with E-state index in [1.54, 1.807) is 0 Å². The van der Waals surface area contributed by atoms with E-state index in [0.29, 0.717) is 5.92 Å². The van der Waals surface area contributed by atoms with E-state index in [1.165, 1.54) is 11.1 Å². The van der Waals surface area contributed by atoms with Crippen molar-refractivity contribution in [3.8, 4) is 0 Å². The minimum absolute atomic E-state index is 0.407. The second-order valence-corrected chi connectivity index (χ2v) is 5.73. The lowest BCUT2D eigenvalue weighted by Gasteiger charge is -2.13. The number of guanidine groups is 1. The summed E-state index contributed by atoms with van der Waals surface area (Å²) in [5.41, 5.74) is 2.55. The van der Waals surface area contributed by atoms with Gasteiger partial charge >= 0.3 is 0 Å². The largest absolute Gasteiger partial charge is 0.357 e. The van der Waals surface area contributed by atoms with Crippen molar-refractivity contribution in [2.45, 2.75) is 26.2 Å². The molecule has 5 heteroatoms. The van der Waals surface area contributed by atoms with Crippen LogP contribution in [0.5, 0.6) is 0 Å². The summed E-state index contributed by atoms with van der Waals surface area (Å²) >= 11 is 0. The first-order valence-corrected chi connectivity index (χ1v) is 8.23. The van der Waals surface area contributed by atoms with E-state index in [1.807, 2.05) is 30.2 Å². The maximum atomic E-state index is 4.70. The van der Waals surface area contributed by atoms with Crippen LogP contribution in [0.3, 0.4) is 0 Å². The first-order valence-electron chi connectivity index (χ1n) is 8.23. The van der Waals surface area contributed by atoms with E-state index < -0.39 is 0 Å². The zero-order valence-electron chi connectivity index (χ0n) is 14.3. The molecular weight excluding hydrogens is 286 g/mol. The van der Waals surface area contributed by atoms with Gasteiger partial charge in [0.15, 0.2) is 5.96 Å². The van der Waals surface area contributed by atoms with Crippen molar-refractivity contribution < 1.29 is 0 Å². The van der Waals surface area contributed by atoms with Crippen LogP contribution >= 0.6 is 0 Å². The summed E-state index contributed by atoms with van der Waals surface area (Å²) in [6.45, 7) is 6.76. The van der Waals surface area contributed by atoms with Crippen LogP contribution in [0.1, 0.15) is 30.9 Å². The lowest BCUT2D eigenvalue weighted by atomic mass is 10.0. The first-order chi connectivity index (χ1) is 11.2. The minimum atomic E-state index is 0.407. The first kappa shape index (κ1) is 17.1. The highest BCUT2D eigenvalue weighted by Crippen LogP contribution is 2.14. The summed E-state index contributed by atoms with van der Waals surface area (Å²) in [4.78, 5) is 4.70. The smallest absolute Gasteiger partial charge is 0.191 e. The number of hydrogen-bond donors (Lipinski definition) is 2. The predicted octanol–water partition coefficient (Wildman–Crippen LogP) is 2.32. The van der Waals surface area contributed by atoms with E-state index in [9.17, 15) is 0 Å². The Morgan fingerprint density at radius 3 is 2.70 bits per heavy atom. The summed E-state index contributed by atoms with van der Waals surface area (Å²) < 4.78 is 1.83. The van der Waals surface area contributed by atoms with E-state index in [0.717, 1.165) is 32.0 Å². The average Bonchev–Trinajstić information content (AvgIpc) is 2.98. The van der Waals surface area contributed by atoms with Gasteiger partial charge in [0.2, 0.25) is 0 Å². The molecule has 0 bridgehead atoms. The molecule has 0 fully saturated rings. The monoisotopic (exact) mass is 313 g/mol. The fourth-order valence-corrected chi connectivity index (χ4v) is 2.38. The van der Waals surface area contributed by atoms with Crippen molar-refractivity contribution in [2.75, 3.05) is 19.6 Å². The van der Waals surface area contributed by atoms with Gasteiger partial charge in [-0.3, -0.25) is 9.67 Å². The highest BCUT2D eigenvalue weighted by molar-refractivity contribution is 5.79. The molecule has 5 nitrogen and oxygen atoms in total. The molecule has 124 valence electrons. The average molecular weight is 313 g/mol. The van der Waals surface area contributed by atoms with E-state index in [4.69, 9.17) is 4.99 Å². The topological polar surface area (TPSA) is 54.2 Å². The molecule has 0 aliphatic carbocycles. The van der Waals surface area contributed by atoms with Crippen molar-refractivity contribution in [3.63, 3.8) is 0 Å². The van der Waals surface area contributed by atoms with Crippen LogP contribution in [-0.4, -0.2) is 35.4 Å². The molecule has 0 spiro atoms. The Hall–Kier alpha value is -2.30. The number of nitrogens with zero attached hydrogens (tertiary/aromatic N) is 3. The zero-order valence-corrected chi connectivity index (χ0v) is 14.3. The van der Waals surface area contributed by atoms with Gasteiger partial charge in [0, 0.05) is 38.8 Å². The number of hydrogen-bond acceptors (Lipinski definition) is 2. The molecule has 0 saturated carbocycles. The third-order valence-corrected chi connectivity index (χ3v) is 3.70. The van der Waals surface area contributed by atoms with E-state index in [-0.39, 0.29) is 0 Å². The highest BCUT2D eigenvalue weighted by Gasteiger charge is 2.05. The third kappa shape index (κ3) is 5.77. The van der Waals surface area contributed by atoms with Gasteiger partial charge in [0.1, 0.15) is 0 Å². The molecule has 2 aromatic rings. The van der Waals surface area contributed by atoms with Gasteiger partial charge in [-0.2, -0.15) is 5.10 Å². The SMILES string of the molecule is CCNC(=NCC(C)c1ccccc1)NCCc1cnn(C)c1. The van der Waals surface area contributed by atoms with Gasteiger partial charge in [0.05, 0.1) is 6.20 Å². The summed E-state index contributed by atoms with van der Waals surface area (Å²) in [6, 6.07) is 10.5. The number of aryl methyl sites for hydroxylation is 1. The Labute approximate surface area is 138 Å². The molecule has 0 saturated heterocycles. The standard InChI is InChI=1S/C18H27N5/c1-4-19-18(20-11-10-16-13-22-23(3)14-16)21-12-15(2)17-8-6-5-7-9-17/h5-9,13-15H,4,10-12H2,1-3H3,(H2,19,20,21). The van der Waals surface area contributed by atoms with Gasteiger partial charge in [-0.15, -0.1) is 0 Å². The molecule has 2 N–H and O–H groups in total. The van der Waals surface area contributed by atoms with E-state index >= 15 is 0 Å². The van der Waals surface area contributed by atoms with Crippen molar-refractivity contribution in [3.05, 3.63) is 53.9 Å². The molecule has 1 aromatic heterocycles. The zero-order chi connectivity index (χ0) is 16.5. The molecule has 0 radical (unpaired) electrons. The van der Waals surface area contributed by atoms with Crippen LogP contribution < -0.4 is 10.6 Å². The summed E-state index contributed by atoms with van der Waals surface area (Å²) in [7, 11) is 1.94. The normalized spacial score (nSPS) is 12.9. The van der Waals surface area contributed by atoms with Crippen LogP contribution in [0.15, 0.2) is 47.7 Å². The molecule has 0 aliphatic heterocycles. The predicted molar refractivity (Wildman–Crippen MR) is 95.8 cm³/mol. The number of aromatic nitrogens is 2. The molecule has 23 heavy (non-hydrogen) atoms. The Kier molecular flexibility index (Phi) is 6.66. The van der Waals surface area contributed by atoms with E-state index in [2.05, 4.69) is 53.8 Å². The van der Waals surface area contributed by atoms with Gasteiger partial charge < -0.3 is 10.6 Å².